The first-order valence-electron chi connectivity index (χ1n) is 4.47. The Balaban J connectivity index is 2.78. The van der Waals surface area contributed by atoms with Gasteiger partial charge in [-0.25, -0.2) is 0 Å². The van der Waals surface area contributed by atoms with E-state index in [2.05, 4.69) is 43.9 Å². The van der Waals surface area contributed by atoms with Crippen molar-refractivity contribution in [2.75, 3.05) is 0 Å². The van der Waals surface area contributed by atoms with E-state index < -0.39 is 0 Å². The fourth-order valence-corrected chi connectivity index (χ4v) is 5.70. The molecule has 1 aromatic carbocycles. The van der Waals surface area contributed by atoms with Crippen molar-refractivity contribution in [1.29, 1.82) is 0 Å². The molecule has 0 aromatic heterocycles. The van der Waals surface area contributed by atoms with Crippen LogP contribution in [0.1, 0.15) is 19.4 Å². The third kappa shape index (κ3) is 4.05. The molecule has 0 heterocycles. The van der Waals surface area contributed by atoms with Crippen molar-refractivity contribution in [2.24, 2.45) is 0 Å². The molecule has 0 unspecified atom stereocenters. The van der Waals surface area contributed by atoms with Gasteiger partial charge in [0.05, 0.1) is 0 Å². The van der Waals surface area contributed by atoms with Gasteiger partial charge in [0.25, 0.3) is 0 Å². The first kappa shape index (κ1) is 11.6. The molecule has 0 N–H and O–H groups in total. The summed E-state index contributed by atoms with van der Waals surface area (Å²) in [6.45, 7) is 4.69. The van der Waals surface area contributed by atoms with Gasteiger partial charge in [0, 0.05) is 0 Å². The molecule has 0 aliphatic carbocycles. The summed E-state index contributed by atoms with van der Waals surface area (Å²) in [6.07, 6.45) is 0. The molecule has 0 aliphatic rings. The van der Waals surface area contributed by atoms with Crippen LogP contribution >= 0.6 is 0 Å². The van der Waals surface area contributed by atoms with Gasteiger partial charge in [-0.05, 0) is 0 Å². The van der Waals surface area contributed by atoms with Crippen LogP contribution in [0.3, 0.4) is 0 Å². The van der Waals surface area contributed by atoms with Crippen LogP contribution < -0.4 is 3.61 Å². The molecule has 0 aliphatic heterocycles. The standard InChI is InChI=1S/C11H16SeTe/c1-9(2)13-11-7-5-4-6-10(11)8-12-3/h4-7,9H,8H2,1-3H3. The van der Waals surface area contributed by atoms with Gasteiger partial charge in [-0.15, -0.1) is 0 Å². The SMILES string of the molecule is C[Se]Cc1ccccc1[Te]C(C)C. The van der Waals surface area contributed by atoms with Crippen molar-refractivity contribution in [3.63, 3.8) is 0 Å². The van der Waals surface area contributed by atoms with Crippen LogP contribution in [0.15, 0.2) is 24.3 Å². The zero-order chi connectivity index (χ0) is 9.68. The average molecular weight is 355 g/mol. The molecular formula is C11H16SeTe. The van der Waals surface area contributed by atoms with Gasteiger partial charge in [-0.3, -0.25) is 0 Å². The monoisotopic (exact) mass is 358 g/mol. The van der Waals surface area contributed by atoms with Crippen molar-refractivity contribution < 1.29 is 0 Å². The second-order valence-electron chi connectivity index (χ2n) is 3.21. The van der Waals surface area contributed by atoms with Crippen molar-refractivity contribution in [3.05, 3.63) is 29.8 Å². The van der Waals surface area contributed by atoms with Crippen LogP contribution in [0.4, 0.5) is 0 Å². The van der Waals surface area contributed by atoms with E-state index in [4.69, 9.17) is 0 Å². The Morgan fingerprint density at radius 2 is 2.00 bits per heavy atom. The van der Waals surface area contributed by atoms with E-state index in [0.717, 1.165) is 18.9 Å². The molecular weight excluding hydrogens is 339 g/mol. The molecule has 0 saturated carbocycles. The van der Waals surface area contributed by atoms with Gasteiger partial charge >= 0.3 is 98.3 Å². The maximum atomic E-state index is 2.34. The van der Waals surface area contributed by atoms with Crippen molar-refractivity contribution >= 4 is 39.5 Å². The van der Waals surface area contributed by atoms with E-state index in [1.54, 1.807) is 9.17 Å². The van der Waals surface area contributed by atoms with E-state index in [1.807, 2.05) is 0 Å². The van der Waals surface area contributed by atoms with Gasteiger partial charge in [-0.2, -0.15) is 0 Å². The zero-order valence-electron chi connectivity index (χ0n) is 8.41. The molecule has 13 heavy (non-hydrogen) atoms. The first-order chi connectivity index (χ1) is 6.24. The summed E-state index contributed by atoms with van der Waals surface area (Å²) in [5.74, 6) is 2.32. The molecule has 0 amide bonds. The van der Waals surface area contributed by atoms with Crippen molar-refractivity contribution in [3.8, 4) is 0 Å². The van der Waals surface area contributed by atoms with Crippen LogP contribution in [-0.4, -0.2) is 35.9 Å². The molecule has 0 atom stereocenters. The Morgan fingerprint density at radius 1 is 1.31 bits per heavy atom. The molecule has 2 heteroatoms. The normalized spacial score (nSPS) is 10.8. The van der Waals surface area contributed by atoms with Crippen LogP contribution in [0.2, 0.25) is 9.79 Å². The summed E-state index contributed by atoms with van der Waals surface area (Å²) >= 11 is 0.842. The van der Waals surface area contributed by atoms with Gasteiger partial charge in [-0.1, -0.05) is 0 Å². The number of benzene rings is 1. The molecule has 0 fully saturated rings. The third-order valence-electron chi connectivity index (χ3n) is 1.64. The van der Waals surface area contributed by atoms with E-state index in [-0.39, 0.29) is 20.9 Å². The summed E-state index contributed by atoms with van der Waals surface area (Å²) in [7, 11) is 0. The summed E-state index contributed by atoms with van der Waals surface area (Å²) in [4.78, 5) is 0. The zero-order valence-corrected chi connectivity index (χ0v) is 12.5. The summed E-state index contributed by atoms with van der Waals surface area (Å²) in [6, 6.07) is 9.02. The summed E-state index contributed by atoms with van der Waals surface area (Å²) in [5.41, 5.74) is 1.63. The van der Waals surface area contributed by atoms with Crippen LogP contribution in [-0.2, 0) is 5.32 Å². The fraction of sp³-hybridized carbons (Fsp3) is 0.455. The van der Waals surface area contributed by atoms with Crippen LogP contribution in [0, 0.1) is 0 Å². The Labute approximate surface area is 97.7 Å². The van der Waals surface area contributed by atoms with Crippen LogP contribution in [0.25, 0.3) is 0 Å². The van der Waals surface area contributed by atoms with Crippen molar-refractivity contribution in [2.45, 2.75) is 29.0 Å². The Bertz CT molecular complexity index is 258. The molecule has 0 spiro atoms. The average Bonchev–Trinajstić information content (AvgIpc) is 2.08. The van der Waals surface area contributed by atoms with E-state index in [9.17, 15) is 0 Å². The summed E-state index contributed by atoms with van der Waals surface area (Å²) < 4.78 is 2.59. The number of rotatable bonds is 4. The third-order valence-corrected chi connectivity index (χ3v) is 6.10. The van der Waals surface area contributed by atoms with Crippen LogP contribution in [0.5, 0.6) is 0 Å². The quantitative estimate of drug-likeness (QED) is 0.726. The molecule has 0 bridgehead atoms. The van der Waals surface area contributed by atoms with Gasteiger partial charge in [0.2, 0.25) is 0 Å². The fourth-order valence-electron chi connectivity index (χ4n) is 1.15. The Hall–Kier alpha value is 0.529. The number of hydrogen-bond donors (Lipinski definition) is 0. The van der Waals surface area contributed by atoms with Gasteiger partial charge in [0.15, 0.2) is 0 Å². The molecule has 1 rings (SSSR count). The Morgan fingerprint density at radius 3 is 2.62 bits per heavy atom. The second kappa shape index (κ2) is 6.10. The molecule has 72 valence electrons. The number of hydrogen-bond acceptors (Lipinski definition) is 0. The van der Waals surface area contributed by atoms with E-state index >= 15 is 0 Å². The first-order valence-corrected chi connectivity index (χ1v) is 9.91. The van der Waals surface area contributed by atoms with Crippen molar-refractivity contribution in [1.82, 2.24) is 0 Å². The van der Waals surface area contributed by atoms with E-state index in [0.29, 0.717) is 0 Å². The maximum absolute atomic E-state index is 2.34. The Kier molecular flexibility index (Phi) is 5.44. The second-order valence-corrected chi connectivity index (χ2v) is 9.64. The van der Waals surface area contributed by atoms with Gasteiger partial charge in [0.1, 0.15) is 0 Å². The molecule has 0 saturated heterocycles. The topological polar surface area (TPSA) is 0 Å². The van der Waals surface area contributed by atoms with E-state index in [1.165, 1.54) is 5.32 Å². The molecule has 0 radical (unpaired) electrons. The van der Waals surface area contributed by atoms with Gasteiger partial charge < -0.3 is 0 Å². The minimum absolute atomic E-state index is 0.0638. The summed E-state index contributed by atoms with van der Waals surface area (Å²) in [5, 5.41) is 1.32. The predicted molar refractivity (Wildman–Crippen MR) is 62.3 cm³/mol. The minimum atomic E-state index is 0.0638. The molecule has 0 nitrogen and oxygen atoms in total. The predicted octanol–water partition coefficient (Wildman–Crippen LogP) is 2.10. The molecule has 1 aromatic rings.